The predicted molar refractivity (Wildman–Crippen MR) is 159 cm³/mol. The van der Waals surface area contributed by atoms with Gasteiger partial charge in [-0.3, -0.25) is 4.79 Å². The van der Waals surface area contributed by atoms with Crippen molar-refractivity contribution in [1.29, 1.82) is 0 Å². The zero-order chi connectivity index (χ0) is 33.1. The minimum atomic E-state index is -5.03. The molecule has 0 radical (unpaired) electrons. The highest BCUT2D eigenvalue weighted by atomic mass is 28.4. The quantitative estimate of drug-likeness (QED) is 0.148. The largest absolute Gasteiger partial charge is 0.416 e. The number of morpholine rings is 1. The summed E-state index contributed by atoms with van der Waals surface area (Å²) >= 11 is 0. The number of rotatable bonds is 10. The van der Waals surface area contributed by atoms with Gasteiger partial charge in [0.25, 0.3) is 5.91 Å². The molecule has 0 unspecified atom stereocenters. The van der Waals surface area contributed by atoms with E-state index in [0.717, 1.165) is 0 Å². The van der Waals surface area contributed by atoms with Gasteiger partial charge >= 0.3 is 12.4 Å². The molecule has 244 valence electrons. The molecule has 1 amide bonds. The van der Waals surface area contributed by atoms with E-state index in [1.807, 2.05) is 0 Å². The maximum Gasteiger partial charge on any atom is 0.416 e. The molecule has 0 saturated carbocycles. The Hall–Kier alpha value is -2.67. The highest BCUT2D eigenvalue weighted by Gasteiger charge is 2.42. The van der Waals surface area contributed by atoms with E-state index in [9.17, 15) is 31.1 Å². The second-order valence-corrected chi connectivity index (χ2v) is 17.4. The third kappa shape index (κ3) is 8.95. The van der Waals surface area contributed by atoms with E-state index in [4.69, 9.17) is 13.9 Å². The summed E-state index contributed by atoms with van der Waals surface area (Å²) in [5.41, 5.74) is -2.13. The van der Waals surface area contributed by atoms with Crippen LogP contribution in [0.15, 0.2) is 60.7 Å². The Kier molecular flexibility index (Phi) is 11.2. The Balaban J connectivity index is 2.09. The first kappa shape index (κ1) is 35.8. The van der Waals surface area contributed by atoms with Crippen LogP contribution in [0.4, 0.5) is 26.3 Å². The van der Waals surface area contributed by atoms with Gasteiger partial charge in [0.1, 0.15) is 6.10 Å². The van der Waals surface area contributed by atoms with Crippen molar-refractivity contribution in [3.63, 3.8) is 0 Å². The lowest BCUT2D eigenvalue weighted by atomic mass is 9.86. The number of halogens is 6. The average Bonchev–Trinajstić information content (AvgIpc) is 2.94. The van der Waals surface area contributed by atoms with E-state index < -0.39 is 55.8 Å². The number of benzene rings is 2. The molecule has 1 heterocycles. The molecular formula is C32H41F6NO4Si. The lowest BCUT2D eigenvalue weighted by Crippen LogP contribution is -2.49. The smallest absolute Gasteiger partial charge is 0.413 e. The number of carbonyl (C=O) groups is 1. The Bertz CT molecular complexity index is 1250. The summed E-state index contributed by atoms with van der Waals surface area (Å²) in [6.45, 7) is 17.1. The second kappa shape index (κ2) is 13.8. The van der Waals surface area contributed by atoms with Crippen LogP contribution in [0, 0.1) is 0 Å². The summed E-state index contributed by atoms with van der Waals surface area (Å²) in [4.78, 5) is 15.6. The Labute approximate surface area is 256 Å². The molecule has 1 aliphatic rings. The summed E-state index contributed by atoms with van der Waals surface area (Å²) < 4.78 is 100.0. The van der Waals surface area contributed by atoms with Gasteiger partial charge < -0.3 is 18.8 Å². The van der Waals surface area contributed by atoms with Gasteiger partial charge in [-0.25, -0.2) is 0 Å². The fourth-order valence-corrected chi connectivity index (χ4v) is 5.60. The van der Waals surface area contributed by atoms with Crippen LogP contribution in [0.3, 0.4) is 0 Å². The minimum absolute atomic E-state index is 0.0689. The summed E-state index contributed by atoms with van der Waals surface area (Å²) in [5, 5.41) is -0.122. The molecule has 1 fully saturated rings. The van der Waals surface area contributed by atoms with Crippen LogP contribution in [0.1, 0.15) is 62.0 Å². The van der Waals surface area contributed by atoms with Gasteiger partial charge in [0.15, 0.2) is 8.32 Å². The average molecular weight is 646 g/mol. The lowest BCUT2D eigenvalue weighted by molar-refractivity contribution is -0.153. The molecule has 0 N–H and O–H groups in total. The molecule has 2 aromatic rings. The van der Waals surface area contributed by atoms with Crippen molar-refractivity contribution in [1.82, 2.24) is 4.90 Å². The standard InChI is InChI=1S/C32H41F6NO4Si/c1-21(20-42-44(6,7)30(3,4)5)27(23-11-9-8-10-12-23)28(29(40)39-13-15-41-16-14-39)43-22(2)24-17-25(31(33,34)35)19-26(18-24)32(36,37)38/h8-12,17-19,22,27-28H,1,13-16,20H2,2-7H3/t22-,27-,28+/m0/s1. The third-order valence-corrected chi connectivity index (χ3v) is 12.8. The van der Waals surface area contributed by atoms with E-state index in [1.165, 1.54) is 11.8 Å². The predicted octanol–water partition coefficient (Wildman–Crippen LogP) is 8.39. The molecule has 5 nitrogen and oxygen atoms in total. The third-order valence-electron chi connectivity index (χ3n) is 8.32. The first-order chi connectivity index (χ1) is 20.2. The Morgan fingerprint density at radius 1 is 0.932 bits per heavy atom. The van der Waals surface area contributed by atoms with Gasteiger partial charge in [-0.1, -0.05) is 57.7 Å². The molecular weight excluding hydrogens is 604 g/mol. The number of carbonyl (C=O) groups excluding carboxylic acids is 1. The SMILES string of the molecule is C=C(CO[Si](C)(C)C(C)(C)C)[C@@H](c1ccccc1)[C@@H](O[C@@H](C)c1cc(C(F)(F)F)cc(C(F)(F)F)c1)C(=O)N1CCOCC1. The molecule has 3 atom stereocenters. The van der Waals surface area contributed by atoms with Gasteiger partial charge in [0, 0.05) is 19.0 Å². The van der Waals surface area contributed by atoms with Crippen LogP contribution < -0.4 is 0 Å². The topological polar surface area (TPSA) is 48.0 Å². The fourth-order valence-electron chi connectivity index (χ4n) is 4.62. The maximum absolute atomic E-state index is 14.1. The molecule has 44 heavy (non-hydrogen) atoms. The first-order valence-corrected chi connectivity index (χ1v) is 17.3. The molecule has 0 aromatic heterocycles. The van der Waals surface area contributed by atoms with Crippen molar-refractivity contribution >= 4 is 14.2 Å². The number of hydrogen-bond donors (Lipinski definition) is 0. The van der Waals surface area contributed by atoms with Gasteiger partial charge in [-0.2, -0.15) is 26.3 Å². The lowest BCUT2D eigenvalue weighted by Gasteiger charge is -2.39. The summed E-state index contributed by atoms with van der Waals surface area (Å²) in [5.74, 6) is -1.28. The van der Waals surface area contributed by atoms with Crippen molar-refractivity contribution in [2.24, 2.45) is 0 Å². The normalized spacial score (nSPS) is 17.2. The molecule has 0 spiro atoms. The van der Waals surface area contributed by atoms with Gasteiger partial charge in [-0.05, 0) is 60.0 Å². The van der Waals surface area contributed by atoms with E-state index in [1.54, 1.807) is 30.3 Å². The number of ether oxygens (including phenoxy) is 2. The van der Waals surface area contributed by atoms with E-state index in [0.29, 0.717) is 23.3 Å². The van der Waals surface area contributed by atoms with E-state index in [-0.39, 0.29) is 49.6 Å². The molecule has 0 bridgehead atoms. The molecule has 3 rings (SSSR count). The maximum atomic E-state index is 14.1. The van der Waals surface area contributed by atoms with Crippen molar-refractivity contribution in [3.8, 4) is 0 Å². The first-order valence-electron chi connectivity index (χ1n) is 14.4. The Morgan fingerprint density at radius 3 is 1.93 bits per heavy atom. The summed E-state index contributed by atoms with van der Waals surface area (Å²) in [6, 6.07) is 10.2. The molecule has 1 saturated heterocycles. The summed E-state index contributed by atoms with van der Waals surface area (Å²) in [7, 11) is -2.27. The van der Waals surface area contributed by atoms with Crippen LogP contribution in [0.25, 0.3) is 0 Å². The Morgan fingerprint density at radius 2 is 1.45 bits per heavy atom. The fraction of sp³-hybridized carbons (Fsp3) is 0.531. The van der Waals surface area contributed by atoms with Crippen LogP contribution in [-0.4, -0.2) is 58.1 Å². The van der Waals surface area contributed by atoms with E-state index >= 15 is 0 Å². The molecule has 2 aromatic carbocycles. The van der Waals surface area contributed by atoms with Crippen molar-refractivity contribution in [3.05, 3.63) is 82.9 Å². The van der Waals surface area contributed by atoms with Crippen LogP contribution in [-0.2, 0) is 31.0 Å². The van der Waals surface area contributed by atoms with Crippen molar-refractivity contribution in [2.45, 2.75) is 76.3 Å². The van der Waals surface area contributed by atoms with Crippen molar-refractivity contribution < 1.29 is 45.0 Å². The highest BCUT2D eigenvalue weighted by Crippen LogP contribution is 2.41. The number of hydrogen-bond acceptors (Lipinski definition) is 4. The van der Waals surface area contributed by atoms with Gasteiger partial charge in [-0.15, -0.1) is 0 Å². The molecule has 12 heteroatoms. The zero-order valence-electron chi connectivity index (χ0n) is 25.9. The van der Waals surface area contributed by atoms with E-state index in [2.05, 4.69) is 40.4 Å². The zero-order valence-corrected chi connectivity index (χ0v) is 26.9. The molecule has 1 aliphatic heterocycles. The molecule has 0 aliphatic carbocycles. The van der Waals surface area contributed by atoms with Gasteiger partial charge in [0.05, 0.1) is 37.1 Å². The van der Waals surface area contributed by atoms with Crippen molar-refractivity contribution in [2.75, 3.05) is 32.9 Å². The monoisotopic (exact) mass is 645 g/mol. The number of amides is 1. The van der Waals surface area contributed by atoms with Crippen LogP contribution in [0.2, 0.25) is 18.1 Å². The van der Waals surface area contributed by atoms with Crippen LogP contribution in [0.5, 0.6) is 0 Å². The number of nitrogens with zero attached hydrogens (tertiary/aromatic N) is 1. The van der Waals surface area contributed by atoms with Gasteiger partial charge in [0.2, 0.25) is 0 Å². The second-order valence-electron chi connectivity index (χ2n) is 12.6. The minimum Gasteiger partial charge on any atom is -0.413 e. The van der Waals surface area contributed by atoms with Crippen LogP contribution >= 0.6 is 0 Å². The number of alkyl halides is 6. The summed E-state index contributed by atoms with van der Waals surface area (Å²) in [6.07, 6.45) is -12.7. The highest BCUT2D eigenvalue weighted by molar-refractivity contribution is 6.74.